The van der Waals surface area contributed by atoms with Crippen LogP contribution in [0.15, 0.2) is 0 Å². The van der Waals surface area contributed by atoms with Gasteiger partial charge >= 0.3 is 7.82 Å². The van der Waals surface area contributed by atoms with Gasteiger partial charge in [-0.05, 0) is 26.2 Å². The minimum atomic E-state index is -3.69. The number of unbranched alkanes of at least 4 members (excludes halogenated alkanes) is 15. The fourth-order valence-corrected chi connectivity index (χ4v) is 5.00. The van der Waals surface area contributed by atoms with E-state index in [0.717, 1.165) is 12.8 Å². The van der Waals surface area contributed by atoms with Gasteiger partial charge in [-0.3, -0.25) is 18.4 Å². The molecule has 0 aliphatic heterocycles. The number of hydrogen-bond donors (Lipinski definition) is 0. The standard InChI is InChI=1S/C26H53O5P/c1-6-7-8-9-10-11-12-13-14-15-16-17-18-19-20-21-22-29-32(28,30-23-24(2)3)31-26(5)25(4)27/h24,26H,6-23H2,1-5H3. The summed E-state index contributed by atoms with van der Waals surface area (Å²) >= 11 is 0. The molecule has 32 heavy (non-hydrogen) atoms. The molecular weight excluding hydrogens is 423 g/mol. The Kier molecular flexibility index (Phi) is 21.2. The summed E-state index contributed by atoms with van der Waals surface area (Å²) in [6, 6.07) is 0. The molecular formula is C26H53O5P. The third-order valence-corrected chi connectivity index (χ3v) is 7.21. The van der Waals surface area contributed by atoms with Crippen molar-refractivity contribution in [1.82, 2.24) is 0 Å². The molecule has 192 valence electrons. The fraction of sp³-hybridized carbons (Fsp3) is 0.962. The third kappa shape index (κ3) is 20.4. The van der Waals surface area contributed by atoms with E-state index in [1.807, 2.05) is 13.8 Å². The molecule has 0 aromatic heterocycles. The van der Waals surface area contributed by atoms with Crippen molar-refractivity contribution < 1.29 is 22.9 Å². The van der Waals surface area contributed by atoms with Gasteiger partial charge in [-0.2, -0.15) is 0 Å². The topological polar surface area (TPSA) is 61.8 Å². The van der Waals surface area contributed by atoms with Crippen LogP contribution in [0, 0.1) is 5.92 Å². The molecule has 0 rings (SSSR count). The van der Waals surface area contributed by atoms with Crippen molar-refractivity contribution in [3.63, 3.8) is 0 Å². The highest BCUT2D eigenvalue weighted by atomic mass is 31.2. The van der Waals surface area contributed by atoms with E-state index in [9.17, 15) is 9.36 Å². The molecule has 5 nitrogen and oxygen atoms in total. The van der Waals surface area contributed by atoms with Crippen LogP contribution in [0.25, 0.3) is 0 Å². The number of phosphoric acid groups is 1. The summed E-state index contributed by atoms with van der Waals surface area (Å²) in [7, 11) is -3.69. The maximum absolute atomic E-state index is 12.8. The number of ketones is 1. The maximum Gasteiger partial charge on any atom is 0.475 e. The van der Waals surface area contributed by atoms with Crippen LogP contribution in [0.5, 0.6) is 0 Å². The minimum absolute atomic E-state index is 0.190. The summed E-state index contributed by atoms with van der Waals surface area (Å²) < 4.78 is 29.0. The summed E-state index contributed by atoms with van der Waals surface area (Å²) in [4.78, 5) is 11.4. The molecule has 0 radical (unpaired) electrons. The van der Waals surface area contributed by atoms with Gasteiger partial charge in [-0.25, -0.2) is 4.57 Å². The number of Topliss-reactive ketones (excluding diaryl/α,β-unsaturated/α-hetero) is 1. The molecule has 0 aliphatic carbocycles. The first kappa shape index (κ1) is 31.8. The lowest BCUT2D eigenvalue weighted by atomic mass is 10.0. The van der Waals surface area contributed by atoms with Gasteiger partial charge in [0, 0.05) is 0 Å². The molecule has 0 heterocycles. The van der Waals surface area contributed by atoms with E-state index in [1.54, 1.807) is 6.92 Å². The van der Waals surface area contributed by atoms with Gasteiger partial charge in [-0.15, -0.1) is 0 Å². The van der Waals surface area contributed by atoms with Gasteiger partial charge in [0.05, 0.1) is 13.2 Å². The summed E-state index contributed by atoms with van der Waals surface area (Å²) in [5.41, 5.74) is 0. The normalized spacial score (nSPS) is 14.6. The molecule has 0 aliphatic rings. The summed E-state index contributed by atoms with van der Waals surface area (Å²) in [5, 5.41) is 0. The molecule has 2 unspecified atom stereocenters. The Hall–Kier alpha value is -0.220. The zero-order chi connectivity index (χ0) is 24.1. The van der Waals surface area contributed by atoms with Crippen molar-refractivity contribution in [3.8, 4) is 0 Å². The summed E-state index contributed by atoms with van der Waals surface area (Å²) in [5.74, 6) is 0.0167. The molecule has 0 amide bonds. The highest BCUT2D eigenvalue weighted by Gasteiger charge is 2.31. The Balaban J connectivity index is 3.66. The smallest absolute Gasteiger partial charge is 0.297 e. The van der Waals surface area contributed by atoms with E-state index >= 15 is 0 Å². The van der Waals surface area contributed by atoms with E-state index in [0.29, 0.717) is 6.61 Å². The van der Waals surface area contributed by atoms with Gasteiger partial charge in [0.25, 0.3) is 0 Å². The van der Waals surface area contributed by atoms with Crippen molar-refractivity contribution >= 4 is 13.6 Å². The molecule has 0 aromatic carbocycles. The second-order valence-corrected chi connectivity index (χ2v) is 11.3. The zero-order valence-corrected chi connectivity index (χ0v) is 22.8. The number of carbonyl (C=O) groups excluding carboxylic acids is 1. The van der Waals surface area contributed by atoms with Gasteiger partial charge in [0.1, 0.15) is 6.10 Å². The van der Waals surface area contributed by atoms with Crippen LogP contribution in [0.3, 0.4) is 0 Å². The molecule has 0 bridgehead atoms. The van der Waals surface area contributed by atoms with Gasteiger partial charge in [-0.1, -0.05) is 117 Å². The van der Waals surface area contributed by atoms with Crippen LogP contribution >= 0.6 is 7.82 Å². The average molecular weight is 477 g/mol. The van der Waals surface area contributed by atoms with Crippen molar-refractivity contribution in [2.45, 2.75) is 143 Å². The average Bonchev–Trinajstić information content (AvgIpc) is 2.74. The van der Waals surface area contributed by atoms with E-state index < -0.39 is 13.9 Å². The van der Waals surface area contributed by atoms with Gasteiger partial charge in [0.2, 0.25) is 0 Å². The molecule has 2 atom stereocenters. The molecule has 0 fully saturated rings. The van der Waals surface area contributed by atoms with E-state index in [4.69, 9.17) is 13.6 Å². The Morgan fingerprint density at radius 1 is 0.688 bits per heavy atom. The first-order chi connectivity index (χ1) is 15.3. The fourth-order valence-electron chi connectivity index (χ4n) is 3.43. The zero-order valence-electron chi connectivity index (χ0n) is 21.9. The highest BCUT2D eigenvalue weighted by Crippen LogP contribution is 2.51. The number of carbonyl (C=O) groups is 1. The largest absolute Gasteiger partial charge is 0.475 e. The van der Waals surface area contributed by atoms with Crippen LogP contribution in [0.1, 0.15) is 137 Å². The third-order valence-electron chi connectivity index (χ3n) is 5.67. The Bertz CT molecular complexity index is 481. The second-order valence-electron chi connectivity index (χ2n) is 9.63. The van der Waals surface area contributed by atoms with Crippen LogP contribution < -0.4 is 0 Å². The Labute approximate surface area is 199 Å². The number of phosphoric ester groups is 1. The molecule has 0 saturated carbocycles. The van der Waals surface area contributed by atoms with E-state index in [1.165, 1.54) is 96.8 Å². The van der Waals surface area contributed by atoms with Crippen LogP contribution in [0.2, 0.25) is 0 Å². The molecule has 0 aromatic rings. The van der Waals surface area contributed by atoms with Crippen LogP contribution in [-0.2, 0) is 22.9 Å². The van der Waals surface area contributed by atoms with Crippen molar-refractivity contribution in [3.05, 3.63) is 0 Å². The minimum Gasteiger partial charge on any atom is -0.297 e. The predicted molar refractivity (Wildman–Crippen MR) is 135 cm³/mol. The quantitative estimate of drug-likeness (QED) is 0.103. The first-order valence-corrected chi connectivity index (χ1v) is 14.8. The second kappa shape index (κ2) is 21.3. The van der Waals surface area contributed by atoms with Crippen molar-refractivity contribution in [1.29, 1.82) is 0 Å². The lowest BCUT2D eigenvalue weighted by Gasteiger charge is -2.21. The van der Waals surface area contributed by atoms with Crippen LogP contribution in [-0.4, -0.2) is 25.1 Å². The summed E-state index contributed by atoms with van der Waals surface area (Å²) in [6.07, 6.45) is 20.1. The maximum atomic E-state index is 12.8. The first-order valence-electron chi connectivity index (χ1n) is 13.4. The molecule has 0 N–H and O–H groups in total. The van der Waals surface area contributed by atoms with Crippen molar-refractivity contribution in [2.24, 2.45) is 5.92 Å². The lowest BCUT2D eigenvalue weighted by Crippen LogP contribution is -2.18. The van der Waals surface area contributed by atoms with Crippen molar-refractivity contribution in [2.75, 3.05) is 13.2 Å². The molecule has 0 saturated heterocycles. The molecule has 0 spiro atoms. The SMILES string of the molecule is CCCCCCCCCCCCCCCCCCOP(=O)(OCC(C)C)OC(C)C(C)=O. The monoisotopic (exact) mass is 476 g/mol. The Morgan fingerprint density at radius 3 is 1.47 bits per heavy atom. The van der Waals surface area contributed by atoms with E-state index in [2.05, 4.69) is 6.92 Å². The van der Waals surface area contributed by atoms with Crippen LogP contribution in [0.4, 0.5) is 0 Å². The number of rotatable bonds is 24. The number of hydrogen-bond acceptors (Lipinski definition) is 5. The summed E-state index contributed by atoms with van der Waals surface area (Å²) in [6.45, 7) is 9.80. The van der Waals surface area contributed by atoms with Gasteiger partial charge < -0.3 is 0 Å². The Morgan fingerprint density at radius 2 is 1.09 bits per heavy atom. The lowest BCUT2D eigenvalue weighted by molar-refractivity contribution is -0.124. The van der Waals surface area contributed by atoms with Gasteiger partial charge in [0.15, 0.2) is 5.78 Å². The highest BCUT2D eigenvalue weighted by molar-refractivity contribution is 7.48. The predicted octanol–water partition coefficient (Wildman–Crippen LogP) is 9.04. The van der Waals surface area contributed by atoms with E-state index in [-0.39, 0.29) is 18.3 Å². The molecule has 6 heteroatoms.